The van der Waals surface area contributed by atoms with Gasteiger partial charge in [0.25, 0.3) is 0 Å². The van der Waals surface area contributed by atoms with E-state index in [1.165, 1.54) is 5.56 Å². The van der Waals surface area contributed by atoms with Gasteiger partial charge in [-0.3, -0.25) is 9.58 Å². The van der Waals surface area contributed by atoms with Crippen LogP contribution in [-0.4, -0.2) is 62.8 Å². The molecule has 1 aliphatic rings. The summed E-state index contributed by atoms with van der Waals surface area (Å²) >= 11 is 0. The number of piperazine rings is 1. The molecule has 43 heavy (non-hydrogen) atoms. The van der Waals surface area contributed by atoms with Crippen LogP contribution in [-0.2, 0) is 13.1 Å². The van der Waals surface area contributed by atoms with E-state index in [9.17, 15) is 0 Å². The van der Waals surface area contributed by atoms with Gasteiger partial charge in [-0.05, 0) is 61.2 Å². The molecule has 0 unspecified atom stereocenters. The molecular formula is C35H42N8. The molecule has 0 radical (unpaired) electrons. The Morgan fingerprint density at radius 3 is 2.42 bits per heavy atom. The van der Waals surface area contributed by atoms with Crippen molar-refractivity contribution in [2.24, 2.45) is 5.92 Å². The molecule has 0 bridgehead atoms. The van der Waals surface area contributed by atoms with E-state index in [0.717, 1.165) is 85.0 Å². The summed E-state index contributed by atoms with van der Waals surface area (Å²) in [4.78, 5) is 13.8. The smallest absolute Gasteiger partial charge is 0.227 e. The zero-order chi connectivity index (χ0) is 30.2. The number of aromatic nitrogens is 4. The number of hydrogen-bond donors (Lipinski definition) is 2. The van der Waals surface area contributed by atoms with Crippen molar-refractivity contribution in [3.05, 3.63) is 102 Å². The number of likely N-dealkylation sites (N-methyl/N-ethyl adjacent to an activating group) is 1. The van der Waals surface area contributed by atoms with Crippen molar-refractivity contribution in [2.45, 2.75) is 40.3 Å². The highest BCUT2D eigenvalue weighted by Gasteiger charge is 2.14. The first kappa shape index (κ1) is 30.0. The summed E-state index contributed by atoms with van der Waals surface area (Å²) in [5.41, 5.74) is 7.85. The van der Waals surface area contributed by atoms with E-state index in [-0.39, 0.29) is 0 Å². The third-order valence-corrected chi connectivity index (χ3v) is 7.66. The van der Waals surface area contributed by atoms with Crippen LogP contribution in [0.2, 0.25) is 0 Å². The van der Waals surface area contributed by atoms with E-state index < -0.39 is 0 Å². The lowest BCUT2D eigenvalue weighted by Gasteiger charge is -2.32. The Hall–Kier alpha value is -4.45. The van der Waals surface area contributed by atoms with E-state index in [0.29, 0.717) is 11.9 Å². The Morgan fingerprint density at radius 2 is 1.70 bits per heavy atom. The molecule has 0 saturated carbocycles. The number of nitrogens with zero attached hydrogens (tertiary/aromatic N) is 6. The molecule has 5 rings (SSSR count). The Morgan fingerprint density at radius 1 is 0.953 bits per heavy atom. The van der Waals surface area contributed by atoms with Gasteiger partial charge in [-0.2, -0.15) is 5.10 Å². The van der Waals surface area contributed by atoms with Crippen LogP contribution >= 0.6 is 0 Å². The quantitative estimate of drug-likeness (QED) is 0.225. The molecule has 2 aromatic carbocycles. The van der Waals surface area contributed by atoms with Gasteiger partial charge in [0.2, 0.25) is 5.95 Å². The average molecular weight is 575 g/mol. The van der Waals surface area contributed by atoms with Crippen LogP contribution in [0.4, 0.5) is 17.3 Å². The molecule has 1 aliphatic heterocycles. The molecule has 0 atom stereocenters. The molecule has 3 heterocycles. The van der Waals surface area contributed by atoms with Gasteiger partial charge in [-0.15, -0.1) is 0 Å². The van der Waals surface area contributed by atoms with Crippen molar-refractivity contribution < 1.29 is 0 Å². The lowest BCUT2D eigenvalue weighted by molar-refractivity contribution is 0.148. The van der Waals surface area contributed by atoms with Crippen molar-refractivity contribution in [1.82, 2.24) is 29.5 Å². The summed E-state index contributed by atoms with van der Waals surface area (Å²) in [7, 11) is 2.19. The SMILES string of the molecule is C=C(Nc1ccc(CN2CCN(C)CC2)cc1)c1ccc(C)c(C#Cc2cnc(Nc3cnn(CCC(C)C)c3)nc2)c1. The van der Waals surface area contributed by atoms with E-state index >= 15 is 0 Å². The van der Waals surface area contributed by atoms with Crippen molar-refractivity contribution >= 4 is 23.0 Å². The number of aryl methyl sites for hydroxylation is 2. The van der Waals surface area contributed by atoms with Gasteiger partial charge < -0.3 is 15.5 Å². The first-order valence-electron chi connectivity index (χ1n) is 15.0. The van der Waals surface area contributed by atoms with Crippen molar-refractivity contribution in [3.63, 3.8) is 0 Å². The van der Waals surface area contributed by atoms with Crippen LogP contribution in [0.1, 0.15) is 48.1 Å². The molecular weight excluding hydrogens is 532 g/mol. The molecule has 0 aliphatic carbocycles. The predicted molar refractivity (Wildman–Crippen MR) is 176 cm³/mol. The number of hydrogen-bond acceptors (Lipinski definition) is 7. The molecule has 8 nitrogen and oxygen atoms in total. The van der Waals surface area contributed by atoms with Crippen LogP contribution in [0.3, 0.4) is 0 Å². The molecule has 222 valence electrons. The zero-order valence-electron chi connectivity index (χ0n) is 25.8. The van der Waals surface area contributed by atoms with E-state index in [1.807, 2.05) is 10.9 Å². The zero-order valence-corrected chi connectivity index (χ0v) is 25.8. The molecule has 4 aromatic rings. The van der Waals surface area contributed by atoms with E-state index in [4.69, 9.17) is 0 Å². The van der Waals surface area contributed by atoms with Crippen molar-refractivity contribution in [2.75, 3.05) is 43.9 Å². The van der Waals surface area contributed by atoms with E-state index in [1.54, 1.807) is 18.6 Å². The van der Waals surface area contributed by atoms with Crippen molar-refractivity contribution in [3.8, 4) is 11.8 Å². The van der Waals surface area contributed by atoms with Crippen LogP contribution in [0.25, 0.3) is 5.70 Å². The van der Waals surface area contributed by atoms with Crippen LogP contribution < -0.4 is 10.6 Å². The first-order valence-corrected chi connectivity index (χ1v) is 15.0. The monoisotopic (exact) mass is 574 g/mol. The van der Waals surface area contributed by atoms with Gasteiger partial charge in [-0.25, -0.2) is 9.97 Å². The third kappa shape index (κ3) is 8.77. The maximum atomic E-state index is 4.44. The van der Waals surface area contributed by atoms with E-state index in [2.05, 4.69) is 124 Å². The van der Waals surface area contributed by atoms with Crippen LogP contribution in [0.5, 0.6) is 0 Å². The Kier molecular flexibility index (Phi) is 9.88. The lowest BCUT2D eigenvalue weighted by Crippen LogP contribution is -2.43. The molecule has 1 fully saturated rings. The highest BCUT2D eigenvalue weighted by atomic mass is 15.3. The third-order valence-electron chi connectivity index (χ3n) is 7.66. The normalized spacial score (nSPS) is 13.9. The molecule has 2 N–H and O–H groups in total. The minimum atomic E-state index is 0.516. The van der Waals surface area contributed by atoms with Gasteiger partial charge in [0.05, 0.1) is 17.4 Å². The Balaban J connectivity index is 1.17. The Bertz CT molecular complexity index is 1570. The molecule has 8 heteroatoms. The van der Waals surface area contributed by atoms with Crippen molar-refractivity contribution in [1.29, 1.82) is 0 Å². The van der Waals surface area contributed by atoms with Gasteiger partial charge >= 0.3 is 0 Å². The second kappa shape index (κ2) is 14.1. The summed E-state index contributed by atoms with van der Waals surface area (Å²) in [5, 5.41) is 11.1. The highest BCUT2D eigenvalue weighted by molar-refractivity contribution is 5.76. The van der Waals surface area contributed by atoms with Gasteiger partial charge in [0, 0.05) is 74.8 Å². The van der Waals surface area contributed by atoms with Gasteiger partial charge in [0.15, 0.2) is 0 Å². The number of benzene rings is 2. The fraction of sp³-hybridized carbons (Fsp3) is 0.343. The Labute approximate surface area is 255 Å². The topological polar surface area (TPSA) is 74.1 Å². The molecule has 1 saturated heterocycles. The minimum Gasteiger partial charge on any atom is -0.356 e. The summed E-state index contributed by atoms with van der Waals surface area (Å²) in [6.07, 6.45) is 8.32. The summed E-state index contributed by atoms with van der Waals surface area (Å²) in [5.74, 6) is 7.65. The van der Waals surface area contributed by atoms with Gasteiger partial charge in [-0.1, -0.05) is 56.5 Å². The number of anilines is 3. The maximum absolute atomic E-state index is 4.44. The predicted octanol–water partition coefficient (Wildman–Crippen LogP) is 6.00. The maximum Gasteiger partial charge on any atom is 0.227 e. The van der Waals surface area contributed by atoms with Crippen LogP contribution in [0.15, 0.2) is 73.8 Å². The minimum absolute atomic E-state index is 0.516. The largest absolute Gasteiger partial charge is 0.356 e. The summed E-state index contributed by atoms with van der Waals surface area (Å²) in [6, 6.07) is 14.9. The van der Waals surface area contributed by atoms with Gasteiger partial charge in [0.1, 0.15) is 0 Å². The second-order valence-corrected chi connectivity index (χ2v) is 11.8. The second-order valence-electron chi connectivity index (χ2n) is 11.8. The first-order chi connectivity index (χ1) is 20.8. The standard InChI is InChI=1S/C35H42N8/c1-26(2)14-15-43-25-34(23-38-43)40-35-36-21-30(22-37-35)7-11-31-20-32(10-6-27(31)3)28(4)39-33-12-8-29(9-13-33)24-42-18-16-41(5)17-19-42/h6,8-10,12-13,20-23,25-26,39H,4,14-19,24H2,1-3,5H3,(H,36,37,40). The summed E-state index contributed by atoms with van der Waals surface area (Å²) < 4.78 is 1.94. The molecule has 2 aromatic heterocycles. The average Bonchev–Trinajstić information content (AvgIpc) is 3.45. The van der Waals surface area contributed by atoms with Crippen LogP contribution in [0, 0.1) is 24.7 Å². The fourth-order valence-electron chi connectivity index (χ4n) is 4.82. The number of nitrogens with one attached hydrogen (secondary N) is 2. The summed E-state index contributed by atoms with van der Waals surface area (Å²) in [6.45, 7) is 17.2. The lowest BCUT2D eigenvalue weighted by atomic mass is 10.0. The molecule has 0 spiro atoms. The number of rotatable bonds is 10. The molecule has 0 amide bonds. The fourth-order valence-corrected chi connectivity index (χ4v) is 4.82. The highest BCUT2D eigenvalue weighted by Crippen LogP contribution is 2.21.